The summed E-state index contributed by atoms with van der Waals surface area (Å²) in [4.78, 5) is 2.21. The zero-order valence-electron chi connectivity index (χ0n) is 11.6. The first-order valence-corrected chi connectivity index (χ1v) is 7.51. The zero-order valence-corrected chi connectivity index (χ0v) is 12.5. The SMILES string of the molecule is CN1c2ccccc2Nc2ccccc21.COS(=O)(=O)O. The molecule has 112 valence electrons. The van der Waals surface area contributed by atoms with E-state index in [4.69, 9.17) is 4.55 Å². The monoisotopic (exact) mass is 308 g/mol. The Hall–Kier alpha value is -2.09. The summed E-state index contributed by atoms with van der Waals surface area (Å²) in [5, 5.41) is 3.43. The van der Waals surface area contributed by atoms with Crippen molar-refractivity contribution in [3.05, 3.63) is 48.5 Å². The van der Waals surface area contributed by atoms with Crippen LogP contribution in [-0.4, -0.2) is 27.1 Å². The number of hydrogen-bond acceptors (Lipinski definition) is 5. The quantitative estimate of drug-likeness (QED) is 0.789. The fourth-order valence-electron chi connectivity index (χ4n) is 2.02. The van der Waals surface area contributed by atoms with Crippen LogP contribution in [0.25, 0.3) is 0 Å². The molecule has 2 aromatic rings. The molecule has 6 nitrogen and oxygen atoms in total. The van der Waals surface area contributed by atoms with Gasteiger partial charge in [-0.3, -0.25) is 8.74 Å². The summed E-state index contributed by atoms with van der Waals surface area (Å²) >= 11 is 0. The molecule has 0 aliphatic carbocycles. The summed E-state index contributed by atoms with van der Waals surface area (Å²) in [5.41, 5.74) is 4.77. The Bertz CT molecular complexity index is 686. The van der Waals surface area contributed by atoms with Crippen LogP contribution < -0.4 is 10.2 Å². The minimum atomic E-state index is -4.16. The maximum Gasteiger partial charge on any atom is 0.397 e. The van der Waals surface area contributed by atoms with Crippen molar-refractivity contribution in [3.63, 3.8) is 0 Å². The lowest BCUT2D eigenvalue weighted by Gasteiger charge is -2.30. The maximum absolute atomic E-state index is 9.33. The molecular weight excluding hydrogens is 292 g/mol. The van der Waals surface area contributed by atoms with E-state index >= 15 is 0 Å². The van der Waals surface area contributed by atoms with E-state index in [2.05, 4.69) is 57.8 Å². The topological polar surface area (TPSA) is 78.9 Å². The molecule has 7 heteroatoms. The molecule has 1 aliphatic rings. The highest BCUT2D eigenvalue weighted by molar-refractivity contribution is 7.80. The Balaban J connectivity index is 0.000000232. The molecule has 0 aromatic heterocycles. The number of fused-ring (bicyclic) bond motifs is 2. The minimum Gasteiger partial charge on any atom is -0.352 e. The maximum atomic E-state index is 9.33. The van der Waals surface area contributed by atoms with Crippen molar-refractivity contribution < 1.29 is 17.2 Å². The van der Waals surface area contributed by atoms with Gasteiger partial charge in [-0.1, -0.05) is 24.3 Å². The van der Waals surface area contributed by atoms with E-state index in [0.717, 1.165) is 7.11 Å². The second-order valence-electron chi connectivity index (χ2n) is 4.31. The van der Waals surface area contributed by atoms with E-state index in [9.17, 15) is 8.42 Å². The third kappa shape index (κ3) is 3.72. The first kappa shape index (κ1) is 15.3. The number of rotatable bonds is 1. The number of para-hydroxylation sites is 4. The lowest BCUT2D eigenvalue weighted by Crippen LogP contribution is -2.17. The fraction of sp³-hybridized carbons (Fsp3) is 0.143. The third-order valence-corrected chi connectivity index (χ3v) is 3.43. The van der Waals surface area contributed by atoms with Crippen molar-refractivity contribution in [1.82, 2.24) is 0 Å². The van der Waals surface area contributed by atoms with E-state index in [1.165, 1.54) is 22.7 Å². The van der Waals surface area contributed by atoms with Crippen molar-refractivity contribution in [2.75, 3.05) is 24.4 Å². The molecule has 3 rings (SSSR count). The van der Waals surface area contributed by atoms with Gasteiger partial charge in [-0.2, -0.15) is 8.42 Å². The Kier molecular flexibility index (Phi) is 4.46. The van der Waals surface area contributed by atoms with Crippen LogP contribution in [0.4, 0.5) is 22.7 Å². The molecule has 0 amide bonds. The number of hydrogen-bond donors (Lipinski definition) is 2. The summed E-state index contributed by atoms with van der Waals surface area (Å²) in [5.74, 6) is 0. The average Bonchev–Trinajstić information content (AvgIpc) is 2.48. The van der Waals surface area contributed by atoms with Gasteiger partial charge in [0, 0.05) is 7.05 Å². The van der Waals surface area contributed by atoms with Crippen molar-refractivity contribution in [2.24, 2.45) is 0 Å². The number of anilines is 4. The first-order valence-electron chi connectivity index (χ1n) is 6.14. The van der Waals surface area contributed by atoms with Crippen molar-refractivity contribution in [2.45, 2.75) is 0 Å². The highest BCUT2D eigenvalue weighted by Gasteiger charge is 2.17. The van der Waals surface area contributed by atoms with Gasteiger partial charge in [-0.25, -0.2) is 0 Å². The Morgan fingerprint density at radius 1 is 1.00 bits per heavy atom. The van der Waals surface area contributed by atoms with Gasteiger partial charge in [0.1, 0.15) is 0 Å². The van der Waals surface area contributed by atoms with E-state index in [1.807, 2.05) is 12.1 Å². The van der Waals surface area contributed by atoms with Crippen LogP contribution in [0.15, 0.2) is 48.5 Å². The molecule has 0 fully saturated rings. The molecule has 0 unspecified atom stereocenters. The zero-order chi connectivity index (χ0) is 15.5. The summed E-state index contributed by atoms with van der Waals surface area (Å²) in [7, 11) is -1.20. The number of nitrogens with zero attached hydrogens (tertiary/aromatic N) is 1. The molecule has 0 saturated carbocycles. The Labute approximate surface area is 123 Å². The van der Waals surface area contributed by atoms with Gasteiger partial charge in [-0.15, -0.1) is 0 Å². The van der Waals surface area contributed by atoms with E-state index in [0.29, 0.717) is 0 Å². The molecule has 0 radical (unpaired) electrons. The van der Waals surface area contributed by atoms with E-state index < -0.39 is 10.4 Å². The van der Waals surface area contributed by atoms with Crippen LogP contribution in [0.5, 0.6) is 0 Å². The molecule has 0 saturated heterocycles. The summed E-state index contributed by atoms with van der Waals surface area (Å²) < 4.78 is 29.7. The predicted molar refractivity (Wildman–Crippen MR) is 82.8 cm³/mol. The third-order valence-electron chi connectivity index (χ3n) is 3.01. The first-order chi connectivity index (χ1) is 9.92. The number of benzene rings is 2. The highest BCUT2D eigenvalue weighted by atomic mass is 32.3. The standard InChI is InChI=1S/C13H12N2.CH4O4S/c1-15-12-8-4-2-6-10(12)14-11-7-3-5-9-13(11)15;1-5-6(2,3)4/h2-9,14H,1H3;1H3,(H,2,3,4). The molecule has 0 bridgehead atoms. The molecule has 0 atom stereocenters. The van der Waals surface area contributed by atoms with Gasteiger partial charge in [0.15, 0.2) is 0 Å². The largest absolute Gasteiger partial charge is 0.397 e. The summed E-state index contributed by atoms with van der Waals surface area (Å²) in [6.45, 7) is 0. The summed E-state index contributed by atoms with van der Waals surface area (Å²) in [6.07, 6.45) is 0. The van der Waals surface area contributed by atoms with Crippen LogP contribution in [0.2, 0.25) is 0 Å². The molecular formula is C14H16N2O4S. The van der Waals surface area contributed by atoms with Gasteiger partial charge in [0.25, 0.3) is 0 Å². The van der Waals surface area contributed by atoms with E-state index in [-0.39, 0.29) is 0 Å². The van der Waals surface area contributed by atoms with Crippen LogP contribution in [0, 0.1) is 0 Å². The van der Waals surface area contributed by atoms with E-state index in [1.54, 1.807) is 0 Å². The molecule has 21 heavy (non-hydrogen) atoms. The summed E-state index contributed by atoms with van der Waals surface area (Å²) in [6, 6.07) is 16.7. The Morgan fingerprint density at radius 3 is 1.76 bits per heavy atom. The van der Waals surface area contributed by atoms with Gasteiger partial charge < -0.3 is 10.2 Å². The second-order valence-corrected chi connectivity index (χ2v) is 5.50. The van der Waals surface area contributed by atoms with Gasteiger partial charge in [0.2, 0.25) is 0 Å². The van der Waals surface area contributed by atoms with Crippen LogP contribution >= 0.6 is 0 Å². The molecule has 2 N–H and O–H groups in total. The number of nitrogens with one attached hydrogen (secondary N) is 1. The van der Waals surface area contributed by atoms with Crippen LogP contribution in [0.1, 0.15) is 0 Å². The van der Waals surface area contributed by atoms with Crippen LogP contribution in [0.3, 0.4) is 0 Å². The molecule has 0 spiro atoms. The van der Waals surface area contributed by atoms with Crippen molar-refractivity contribution in [3.8, 4) is 0 Å². The second kappa shape index (κ2) is 6.13. The lowest BCUT2D eigenvalue weighted by molar-refractivity contribution is 0.324. The normalized spacial score (nSPS) is 12.4. The lowest BCUT2D eigenvalue weighted by atomic mass is 10.1. The molecule has 1 heterocycles. The smallest absolute Gasteiger partial charge is 0.352 e. The van der Waals surface area contributed by atoms with Crippen LogP contribution in [-0.2, 0) is 14.6 Å². The van der Waals surface area contributed by atoms with Crippen molar-refractivity contribution in [1.29, 1.82) is 0 Å². The average molecular weight is 308 g/mol. The molecule has 1 aliphatic heterocycles. The highest BCUT2D eigenvalue weighted by Crippen LogP contribution is 2.41. The Morgan fingerprint density at radius 2 is 1.38 bits per heavy atom. The fourth-order valence-corrected chi connectivity index (χ4v) is 2.02. The minimum absolute atomic E-state index is 0.870. The predicted octanol–water partition coefficient (Wildman–Crippen LogP) is 2.95. The molecule has 2 aromatic carbocycles. The van der Waals surface area contributed by atoms with Gasteiger partial charge in [0.05, 0.1) is 29.9 Å². The van der Waals surface area contributed by atoms with Gasteiger partial charge >= 0.3 is 10.4 Å². The van der Waals surface area contributed by atoms with Gasteiger partial charge in [-0.05, 0) is 24.3 Å². The van der Waals surface area contributed by atoms with Crippen molar-refractivity contribution >= 4 is 33.1 Å².